The highest BCUT2D eigenvalue weighted by molar-refractivity contribution is 6.33. The van der Waals surface area contributed by atoms with Crippen LogP contribution in [0.2, 0.25) is 5.02 Å². The first kappa shape index (κ1) is 14.1. The van der Waals surface area contributed by atoms with Gasteiger partial charge in [0.15, 0.2) is 0 Å². The van der Waals surface area contributed by atoms with Crippen molar-refractivity contribution in [2.24, 2.45) is 5.92 Å². The SMILES string of the molecule is CCNc1cc(C(=O)NC(C)C2CCC2)c(Cl)cn1. The smallest absolute Gasteiger partial charge is 0.253 e. The fraction of sp³-hybridized carbons (Fsp3) is 0.571. The summed E-state index contributed by atoms with van der Waals surface area (Å²) in [6.45, 7) is 4.80. The van der Waals surface area contributed by atoms with E-state index in [0.29, 0.717) is 22.3 Å². The van der Waals surface area contributed by atoms with Crippen molar-refractivity contribution in [3.8, 4) is 0 Å². The molecule has 1 aliphatic rings. The lowest BCUT2D eigenvalue weighted by Crippen LogP contribution is -2.40. The molecule has 0 spiro atoms. The molecule has 0 bridgehead atoms. The highest BCUT2D eigenvalue weighted by atomic mass is 35.5. The Kier molecular flexibility index (Phi) is 4.64. The largest absolute Gasteiger partial charge is 0.370 e. The van der Waals surface area contributed by atoms with Gasteiger partial charge in [-0.15, -0.1) is 0 Å². The molecule has 1 aromatic rings. The van der Waals surface area contributed by atoms with Crippen LogP contribution < -0.4 is 10.6 Å². The molecule has 0 saturated heterocycles. The summed E-state index contributed by atoms with van der Waals surface area (Å²) in [4.78, 5) is 16.4. The zero-order valence-corrected chi connectivity index (χ0v) is 12.1. The van der Waals surface area contributed by atoms with Crippen LogP contribution in [0.1, 0.15) is 43.5 Å². The summed E-state index contributed by atoms with van der Waals surface area (Å²) in [5.74, 6) is 1.16. The van der Waals surface area contributed by atoms with E-state index in [1.807, 2.05) is 6.92 Å². The van der Waals surface area contributed by atoms with E-state index < -0.39 is 0 Å². The number of amides is 1. The van der Waals surface area contributed by atoms with Gasteiger partial charge in [0.1, 0.15) is 5.82 Å². The lowest BCUT2D eigenvalue weighted by Gasteiger charge is -2.31. The van der Waals surface area contributed by atoms with E-state index in [4.69, 9.17) is 11.6 Å². The maximum absolute atomic E-state index is 12.2. The highest BCUT2D eigenvalue weighted by Crippen LogP contribution is 2.29. The van der Waals surface area contributed by atoms with Crippen LogP contribution in [0.25, 0.3) is 0 Å². The normalized spacial score (nSPS) is 16.6. The van der Waals surface area contributed by atoms with E-state index in [1.165, 1.54) is 25.5 Å². The van der Waals surface area contributed by atoms with Crippen LogP contribution in [0.4, 0.5) is 5.82 Å². The minimum atomic E-state index is -0.119. The number of hydrogen-bond acceptors (Lipinski definition) is 3. The van der Waals surface area contributed by atoms with Crippen molar-refractivity contribution >= 4 is 23.3 Å². The molecule has 2 rings (SSSR count). The van der Waals surface area contributed by atoms with Crippen LogP contribution in [0.15, 0.2) is 12.3 Å². The molecule has 1 amide bonds. The van der Waals surface area contributed by atoms with Crippen molar-refractivity contribution in [1.82, 2.24) is 10.3 Å². The molecular formula is C14H20ClN3O. The number of anilines is 1. The minimum Gasteiger partial charge on any atom is -0.370 e. The number of rotatable bonds is 5. The minimum absolute atomic E-state index is 0.119. The second-order valence-electron chi connectivity index (χ2n) is 5.03. The molecule has 1 fully saturated rings. The Morgan fingerprint density at radius 3 is 2.89 bits per heavy atom. The molecule has 19 heavy (non-hydrogen) atoms. The Morgan fingerprint density at radius 1 is 1.58 bits per heavy atom. The molecule has 1 saturated carbocycles. The van der Waals surface area contributed by atoms with Gasteiger partial charge in [-0.1, -0.05) is 18.0 Å². The molecule has 0 aliphatic heterocycles. The number of hydrogen-bond donors (Lipinski definition) is 2. The fourth-order valence-electron chi connectivity index (χ4n) is 2.23. The zero-order chi connectivity index (χ0) is 13.8. The summed E-state index contributed by atoms with van der Waals surface area (Å²) in [5.41, 5.74) is 0.485. The zero-order valence-electron chi connectivity index (χ0n) is 11.4. The summed E-state index contributed by atoms with van der Waals surface area (Å²) < 4.78 is 0. The monoisotopic (exact) mass is 281 g/mol. The van der Waals surface area contributed by atoms with Gasteiger partial charge in [0.05, 0.1) is 10.6 Å². The molecule has 1 atom stereocenters. The Morgan fingerprint density at radius 2 is 2.32 bits per heavy atom. The Labute approximate surface area is 118 Å². The maximum atomic E-state index is 12.2. The molecule has 1 heterocycles. The molecule has 1 unspecified atom stereocenters. The van der Waals surface area contributed by atoms with Crippen LogP contribution in [-0.4, -0.2) is 23.5 Å². The maximum Gasteiger partial charge on any atom is 0.253 e. The summed E-state index contributed by atoms with van der Waals surface area (Å²) in [5, 5.41) is 6.50. The van der Waals surface area contributed by atoms with Gasteiger partial charge in [-0.2, -0.15) is 0 Å². The van der Waals surface area contributed by atoms with E-state index in [9.17, 15) is 4.79 Å². The van der Waals surface area contributed by atoms with Gasteiger partial charge in [0.2, 0.25) is 0 Å². The van der Waals surface area contributed by atoms with Gasteiger partial charge < -0.3 is 10.6 Å². The summed E-state index contributed by atoms with van der Waals surface area (Å²) in [6, 6.07) is 1.90. The lowest BCUT2D eigenvalue weighted by atomic mass is 9.80. The Bertz CT molecular complexity index is 460. The topological polar surface area (TPSA) is 54.0 Å². The fourth-order valence-corrected chi connectivity index (χ4v) is 2.42. The van der Waals surface area contributed by atoms with E-state index in [0.717, 1.165) is 6.54 Å². The Hall–Kier alpha value is -1.29. The molecule has 5 heteroatoms. The van der Waals surface area contributed by atoms with Crippen molar-refractivity contribution in [3.05, 3.63) is 22.8 Å². The molecular weight excluding hydrogens is 262 g/mol. The highest BCUT2D eigenvalue weighted by Gasteiger charge is 2.25. The van der Waals surface area contributed by atoms with Gasteiger partial charge in [0, 0.05) is 18.8 Å². The van der Waals surface area contributed by atoms with Gasteiger partial charge in [-0.25, -0.2) is 4.98 Å². The van der Waals surface area contributed by atoms with Crippen LogP contribution >= 0.6 is 11.6 Å². The van der Waals surface area contributed by atoms with Gasteiger partial charge in [-0.05, 0) is 38.7 Å². The molecule has 2 N–H and O–H groups in total. The van der Waals surface area contributed by atoms with Crippen LogP contribution in [0.5, 0.6) is 0 Å². The summed E-state index contributed by atoms with van der Waals surface area (Å²) in [6.07, 6.45) is 5.19. The average Bonchev–Trinajstić information content (AvgIpc) is 2.29. The third-order valence-electron chi connectivity index (χ3n) is 3.67. The molecule has 104 valence electrons. The number of carbonyl (C=O) groups is 1. The molecule has 1 aliphatic carbocycles. The van der Waals surface area contributed by atoms with Gasteiger partial charge in [-0.3, -0.25) is 4.79 Å². The molecule has 0 aromatic carbocycles. The predicted molar refractivity (Wildman–Crippen MR) is 77.7 cm³/mol. The number of nitrogens with zero attached hydrogens (tertiary/aromatic N) is 1. The van der Waals surface area contributed by atoms with Crippen molar-refractivity contribution in [2.45, 2.75) is 39.2 Å². The molecule has 1 aromatic heterocycles. The first-order chi connectivity index (χ1) is 9.11. The van der Waals surface area contributed by atoms with Gasteiger partial charge >= 0.3 is 0 Å². The third kappa shape index (κ3) is 3.38. The van der Waals surface area contributed by atoms with E-state index >= 15 is 0 Å². The second kappa shape index (κ2) is 6.24. The van der Waals surface area contributed by atoms with Gasteiger partial charge in [0.25, 0.3) is 5.91 Å². The standard InChI is InChI=1S/C14H20ClN3O/c1-3-16-13-7-11(12(15)8-17-13)14(19)18-9(2)10-5-4-6-10/h7-10H,3-6H2,1-2H3,(H,16,17)(H,18,19). The number of pyridine rings is 1. The van der Waals surface area contributed by atoms with Crippen LogP contribution in [-0.2, 0) is 0 Å². The molecule has 4 nitrogen and oxygen atoms in total. The average molecular weight is 282 g/mol. The number of halogens is 1. The predicted octanol–water partition coefficient (Wildman–Crippen LogP) is 3.09. The molecule has 0 radical (unpaired) electrons. The summed E-state index contributed by atoms with van der Waals surface area (Å²) in [7, 11) is 0. The quantitative estimate of drug-likeness (QED) is 0.872. The first-order valence-corrected chi connectivity index (χ1v) is 7.20. The van der Waals surface area contributed by atoms with Crippen molar-refractivity contribution in [2.75, 3.05) is 11.9 Å². The van der Waals surface area contributed by atoms with E-state index in [1.54, 1.807) is 6.07 Å². The number of carbonyl (C=O) groups excluding carboxylic acids is 1. The number of nitrogens with one attached hydrogen (secondary N) is 2. The van der Waals surface area contributed by atoms with E-state index in [2.05, 4.69) is 22.5 Å². The summed E-state index contributed by atoms with van der Waals surface area (Å²) >= 11 is 6.05. The Balaban J connectivity index is 2.06. The first-order valence-electron chi connectivity index (χ1n) is 6.82. The second-order valence-corrected chi connectivity index (χ2v) is 5.44. The van der Waals surface area contributed by atoms with Crippen LogP contribution in [0, 0.1) is 5.92 Å². The van der Waals surface area contributed by atoms with Crippen LogP contribution in [0.3, 0.4) is 0 Å². The van der Waals surface area contributed by atoms with E-state index in [-0.39, 0.29) is 11.9 Å². The third-order valence-corrected chi connectivity index (χ3v) is 3.97. The van der Waals surface area contributed by atoms with Crippen molar-refractivity contribution in [3.63, 3.8) is 0 Å². The van der Waals surface area contributed by atoms with Crippen molar-refractivity contribution < 1.29 is 4.79 Å². The van der Waals surface area contributed by atoms with Crippen molar-refractivity contribution in [1.29, 1.82) is 0 Å². The lowest BCUT2D eigenvalue weighted by molar-refractivity contribution is 0.0909. The number of aromatic nitrogens is 1.